The number of aromatic nitrogens is 2. The Bertz CT molecular complexity index is 690. The van der Waals surface area contributed by atoms with Crippen molar-refractivity contribution in [1.82, 2.24) is 9.97 Å². The lowest BCUT2D eigenvalue weighted by atomic mass is 9.93. The van der Waals surface area contributed by atoms with Gasteiger partial charge >= 0.3 is 0 Å². The smallest absolute Gasteiger partial charge is 0.238 e. The first-order valence-corrected chi connectivity index (χ1v) is 12.9. The molecule has 3 nitrogen and oxygen atoms in total. The maximum Gasteiger partial charge on any atom is 0.238 e. The molecule has 1 aromatic carbocycles. The minimum atomic E-state index is 0.486. The van der Waals surface area contributed by atoms with E-state index in [-0.39, 0.29) is 0 Å². The fourth-order valence-corrected chi connectivity index (χ4v) is 4.08. The molecule has 31 heavy (non-hydrogen) atoms. The van der Waals surface area contributed by atoms with Crippen LogP contribution in [0.3, 0.4) is 0 Å². The van der Waals surface area contributed by atoms with Gasteiger partial charge in [-0.2, -0.15) is 0 Å². The van der Waals surface area contributed by atoms with Crippen LogP contribution in [0.15, 0.2) is 36.7 Å². The summed E-state index contributed by atoms with van der Waals surface area (Å²) in [5.41, 5.74) is 2.47. The van der Waals surface area contributed by atoms with Crippen LogP contribution in [0.4, 0.5) is 0 Å². The highest BCUT2D eigenvalue weighted by Crippen LogP contribution is 2.28. The van der Waals surface area contributed by atoms with Gasteiger partial charge in [0.2, 0.25) is 5.88 Å². The first-order valence-electron chi connectivity index (χ1n) is 12.9. The van der Waals surface area contributed by atoms with E-state index in [2.05, 4.69) is 50.0 Å². The van der Waals surface area contributed by atoms with Gasteiger partial charge in [0, 0.05) is 12.1 Å². The third kappa shape index (κ3) is 10.3. The Morgan fingerprint density at radius 1 is 0.710 bits per heavy atom. The highest BCUT2D eigenvalue weighted by atomic mass is 16.5. The number of aryl methyl sites for hydroxylation is 1. The zero-order valence-corrected chi connectivity index (χ0v) is 20.2. The van der Waals surface area contributed by atoms with Crippen molar-refractivity contribution in [1.29, 1.82) is 0 Å². The van der Waals surface area contributed by atoms with Gasteiger partial charge < -0.3 is 4.74 Å². The van der Waals surface area contributed by atoms with E-state index in [9.17, 15) is 0 Å². The monoisotopic (exact) mass is 424 g/mol. The summed E-state index contributed by atoms with van der Waals surface area (Å²) in [5.74, 6) is 1.93. The van der Waals surface area contributed by atoms with E-state index in [4.69, 9.17) is 9.72 Å². The molecule has 0 saturated carbocycles. The molecule has 3 heteroatoms. The molecule has 2 rings (SSSR count). The number of unbranched alkanes of at least 4 members (excludes halogenated alkanes) is 8. The van der Waals surface area contributed by atoms with Crippen LogP contribution < -0.4 is 4.74 Å². The molecule has 1 heterocycles. The number of benzene rings is 1. The second-order valence-corrected chi connectivity index (χ2v) is 8.88. The summed E-state index contributed by atoms with van der Waals surface area (Å²) in [4.78, 5) is 9.23. The van der Waals surface area contributed by atoms with Gasteiger partial charge in [0.05, 0.1) is 11.9 Å². The predicted molar refractivity (Wildman–Crippen MR) is 132 cm³/mol. The first-order chi connectivity index (χ1) is 15.3. The molecule has 0 saturated heterocycles. The summed E-state index contributed by atoms with van der Waals surface area (Å²) in [6, 6.07) is 8.51. The summed E-state index contributed by atoms with van der Waals surface area (Å²) in [6.45, 7) is 6.77. The molecule has 0 amide bonds. The minimum Gasteiger partial charge on any atom is -0.437 e. The van der Waals surface area contributed by atoms with E-state index in [0.717, 1.165) is 17.9 Å². The van der Waals surface area contributed by atoms with Crippen molar-refractivity contribution in [2.24, 2.45) is 0 Å². The number of ether oxygens (including phenoxy) is 1. The average Bonchev–Trinajstić information content (AvgIpc) is 2.80. The van der Waals surface area contributed by atoms with Gasteiger partial charge in [-0.15, -0.1) is 0 Å². The molecule has 172 valence electrons. The molecule has 0 fully saturated rings. The van der Waals surface area contributed by atoms with Gasteiger partial charge in [-0.05, 0) is 43.4 Å². The molecule has 0 aliphatic carbocycles. The lowest BCUT2D eigenvalue weighted by Gasteiger charge is -2.16. The highest BCUT2D eigenvalue weighted by Gasteiger charge is 2.14. The van der Waals surface area contributed by atoms with Crippen molar-refractivity contribution in [3.63, 3.8) is 0 Å². The Morgan fingerprint density at radius 3 is 1.97 bits per heavy atom. The van der Waals surface area contributed by atoms with E-state index < -0.39 is 0 Å². The average molecular weight is 425 g/mol. The fraction of sp³-hybridized carbons (Fsp3) is 0.643. The van der Waals surface area contributed by atoms with Gasteiger partial charge in [0.15, 0.2) is 0 Å². The molecule has 2 aromatic rings. The normalized spacial score (nSPS) is 11.2. The zero-order chi connectivity index (χ0) is 22.2. The van der Waals surface area contributed by atoms with Crippen molar-refractivity contribution in [3.05, 3.63) is 47.9 Å². The Hall–Kier alpha value is -1.90. The Labute approximate surface area is 191 Å². The summed E-state index contributed by atoms with van der Waals surface area (Å²) in [6.07, 6.45) is 21.5. The van der Waals surface area contributed by atoms with Crippen LogP contribution in [-0.2, 0) is 6.42 Å². The van der Waals surface area contributed by atoms with E-state index in [1.165, 1.54) is 89.0 Å². The minimum absolute atomic E-state index is 0.486. The summed E-state index contributed by atoms with van der Waals surface area (Å²) in [5, 5.41) is 0. The first kappa shape index (κ1) is 25.4. The lowest BCUT2D eigenvalue weighted by molar-refractivity contribution is 0.447. The second-order valence-electron chi connectivity index (χ2n) is 8.88. The third-order valence-corrected chi connectivity index (χ3v) is 6.08. The largest absolute Gasteiger partial charge is 0.437 e. The van der Waals surface area contributed by atoms with Crippen LogP contribution in [0.5, 0.6) is 11.6 Å². The molecule has 0 bridgehead atoms. The second kappa shape index (κ2) is 15.8. The Kier molecular flexibility index (Phi) is 13.0. The van der Waals surface area contributed by atoms with Crippen LogP contribution in [0.25, 0.3) is 0 Å². The standard InChI is InChI=1S/C28H44N2O/c1-4-7-10-11-12-13-14-15-24-18-20-26(21-19-24)31-28-23-29-22-27(30-28)25(16-8-5-2)17-9-6-3/h18-23,25H,4-17H2,1-3H3. The molecule has 0 spiro atoms. The van der Waals surface area contributed by atoms with Crippen LogP contribution in [0.2, 0.25) is 0 Å². The van der Waals surface area contributed by atoms with Crippen molar-refractivity contribution in [2.75, 3.05) is 0 Å². The van der Waals surface area contributed by atoms with Gasteiger partial charge in [0.1, 0.15) is 5.75 Å². The Balaban J connectivity index is 1.84. The number of rotatable bonds is 17. The SMILES string of the molecule is CCCCCCCCCc1ccc(Oc2cncc(C(CCCC)CCCC)n2)cc1. The topological polar surface area (TPSA) is 35.0 Å². The van der Waals surface area contributed by atoms with E-state index >= 15 is 0 Å². The fourth-order valence-electron chi connectivity index (χ4n) is 4.08. The molecule has 0 N–H and O–H groups in total. The summed E-state index contributed by atoms with van der Waals surface area (Å²) >= 11 is 0. The van der Waals surface area contributed by atoms with Gasteiger partial charge in [-0.3, -0.25) is 4.98 Å². The maximum atomic E-state index is 6.04. The van der Waals surface area contributed by atoms with Crippen molar-refractivity contribution >= 4 is 0 Å². The number of hydrogen-bond donors (Lipinski definition) is 0. The molecular formula is C28H44N2O. The van der Waals surface area contributed by atoms with Gasteiger partial charge in [0.25, 0.3) is 0 Å². The summed E-state index contributed by atoms with van der Waals surface area (Å²) in [7, 11) is 0. The van der Waals surface area contributed by atoms with Crippen LogP contribution in [0, 0.1) is 0 Å². The molecule has 1 aromatic heterocycles. The highest BCUT2D eigenvalue weighted by molar-refractivity contribution is 5.30. The number of hydrogen-bond acceptors (Lipinski definition) is 3. The predicted octanol–water partition coefficient (Wildman–Crippen LogP) is 9.03. The quantitative estimate of drug-likeness (QED) is 0.238. The van der Waals surface area contributed by atoms with Crippen LogP contribution in [0.1, 0.15) is 121 Å². The van der Waals surface area contributed by atoms with Crippen LogP contribution in [-0.4, -0.2) is 9.97 Å². The van der Waals surface area contributed by atoms with E-state index in [0.29, 0.717) is 11.8 Å². The van der Waals surface area contributed by atoms with Gasteiger partial charge in [-0.25, -0.2) is 4.98 Å². The van der Waals surface area contributed by atoms with E-state index in [1.807, 2.05) is 6.20 Å². The third-order valence-electron chi connectivity index (χ3n) is 6.08. The molecule has 0 radical (unpaired) electrons. The van der Waals surface area contributed by atoms with Crippen molar-refractivity contribution in [3.8, 4) is 11.6 Å². The zero-order valence-electron chi connectivity index (χ0n) is 20.2. The molecule has 0 atom stereocenters. The van der Waals surface area contributed by atoms with E-state index in [1.54, 1.807) is 6.20 Å². The number of nitrogens with zero attached hydrogens (tertiary/aromatic N) is 2. The molecular weight excluding hydrogens is 380 g/mol. The van der Waals surface area contributed by atoms with Crippen molar-refractivity contribution in [2.45, 2.75) is 117 Å². The molecule has 0 unspecified atom stereocenters. The van der Waals surface area contributed by atoms with Crippen LogP contribution >= 0.6 is 0 Å². The van der Waals surface area contributed by atoms with Gasteiger partial charge in [-0.1, -0.05) is 97.1 Å². The van der Waals surface area contributed by atoms with Crippen molar-refractivity contribution < 1.29 is 4.74 Å². The maximum absolute atomic E-state index is 6.04. The molecule has 0 aliphatic heterocycles. The molecule has 0 aliphatic rings. The Morgan fingerprint density at radius 2 is 1.32 bits per heavy atom. The summed E-state index contributed by atoms with van der Waals surface area (Å²) < 4.78 is 6.04. The lowest BCUT2D eigenvalue weighted by Crippen LogP contribution is -2.04.